The van der Waals surface area contributed by atoms with Gasteiger partial charge in [-0.2, -0.15) is 5.10 Å². The number of hydrogen-bond donors (Lipinski definition) is 1. The molecule has 0 spiro atoms. The van der Waals surface area contributed by atoms with Gasteiger partial charge in [-0.15, -0.1) is 0 Å². The van der Waals surface area contributed by atoms with Gasteiger partial charge in [-0.1, -0.05) is 98.9 Å². The highest BCUT2D eigenvalue weighted by molar-refractivity contribution is 6.55. The highest BCUT2D eigenvalue weighted by Crippen LogP contribution is 2.48. The topological polar surface area (TPSA) is 69.3 Å². The molecule has 14 heteroatoms. The number of furan rings is 1. The van der Waals surface area contributed by atoms with Crippen LogP contribution in [0, 0.1) is 0 Å². The second-order valence-electron chi connectivity index (χ2n) is 7.18. The third kappa shape index (κ3) is 5.98. The van der Waals surface area contributed by atoms with E-state index in [9.17, 15) is 4.79 Å². The molecular formula is C22H11Cl8N3O3. The average molecular weight is 649 g/mol. The first kappa shape index (κ1) is 27.6. The number of rotatable bonds is 7. The summed E-state index contributed by atoms with van der Waals surface area (Å²) in [7, 11) is 0. The van der Waals surface area contributed by atoms with E-state index in [2.05, 4.69) is 10.4 Å². The average Bonchev–Trinajstić information content (AvgIpc) is 3.45. The van der Waals surface area contributed by atoms with Crippen LogP contribution < -0.4 is 10.1 Å². The van der Waals surface area contributed by atoms with Crippen molar-refractivity contribution in [3.63, 3.8) is 0 Å². The number of carbonyl (C=O) groups is 1. The van der Waals surface area contributed by atoms with Gasteiger partial charge in [0.2, 0.25) is 0 Å². The van der Waals surface area contributed by atoms with Crippen LogP contribution in [0.25, 0.3) is 0 Å². The van der Waals surface area contributed by atoms with Crippen LogP contribution in [0.2, 0.25) is 40.2 Å². The van der Waals surface area contributed by atoms with Crippen LogP contribution in [0.4, 0.5) is 5.82 Å². The number of ether oxygens (including phenoxy) is 1. The highest BCUT2D eigenvalue weighted by Gasteiger charge is 2.22. The smallest absolute Gasteiger partial charge is 0.292 e. The zero-order valence-electron chi connectivity index (χ0n) is 17.5. The minimum atomic E-state index is -0.573. The first-order valence-corrected chi connectivity index (χ1v) is 12.8. The van der Waals surface area contributed by atoms with Gasteiger partial charge in [0.1, 0.15) is 27.4 Å². The van der Waals surface area contributed by atoms with Crippen molar-refractivity contribution < 1.29 is 13.9 Å². The fraction of sp³-hybridized carbons (Fsp3) is 0.0909. The molecule has 0 bridgehead atoms. The molecule has 188 valence electrons. The summed E-state index contributed by atoms with van der Waals surface area (Å²) >= 11 is 48.6. The minimum Gasteiger partial charge on any atom is -0.482 e. The van der Waals surface area contributed by atoms with Gasteiger partial charge in [0.05, 0.1) is 31.7 Å². The number of halogens is 8. The number of amides is 1. The zero-order valence-corrected chi connectivity index (χ0v) is 23.6. The van der Waals surface area contributed by atoms with Crippen LogP contribution in [0.1, 0.15) is 21.9 Å². The quantitative estimate of drug-likeness (QED) is 0.160. The summed E-state index contributed by atoms with van der Waals surface area (Å²) < 4.78 is 12.7. The second-order valence-corrected chi connectivity index (χ2v) is 10.3. The molecule has 0 saturated carbocycles. The molecule has 6 nitrogen and oxygen atoms in total. The molecule has 1 N–H and O–H groups in total. The Kier molecular flexibility index (Phi) is 8.80. The first-order chi connectivity index (χ1) is 17.0. The molecule has 2 aromatic carbocycles. The van der Waals surface area contributed by atoms with E-state index in [1.807, 2.05) is 0 Å². The number of nitrogens with one attached hydrogen (secondary N) is 1. The number of nitrogens with zero attached hydrogens (tertiary/aromatic N) is 2. The van der Waals surface area contributed by atoms with Gasteiger partial charge in [0.15, 0.2) is 17.3 Å². The molecule has 4 rings (SSSR count). The van der Waals surface area contributed by atoms with Crippen molar-refractivity contribution in [2.75, 3.05) is 5.32 Å². The van der Waals surface area contributed by atoms with E-state index in [4.69, 9.17) is 102 Å². The molecule has 2 aromatic heterocycles. The molecule has 0 atom stereocenters. The van der Waals surface area contributed by atoms with Gasteiger partial charge >= 0.3 is 0 Å². The van der Waals surface area contributed by atoms with Crippen molar-refractivity contribution in [3.8, 4) is 5.75 Å². The van der Waals surface area contributed by atoms with Gasteiger partial charge < -0.3 is 14.5 Å². The molecule has 2 heterocycles. The lowest BCUT2D eigenvalue weighted by molar-refractivity contribution is 0.0992. The van der Waals surface area contributed by atoms with Crippen LogP contribution in [0.3, 0.4) is 0 Å². The number of hydrogen-bond acceptors (Lipinski definition) is 4. The Morgan fingerprint density at radius 3 is 2.19 bits per heavy atom. The summed E-state index contributed by atoms with van der Waals surface area (Å²) in [6, 6.07) is 8.21. The van der Waals surface area contributed by atoms with Gasteiger partial charge in [-0.3, -0.25) is 9.48 Å². The number of anilines is 1. The molecule has 0 aliphatic carbocycles. The fourth-order valence-electron chi connectivity index (χ4n) is 2.99. The van der Waals surface area contributed by atoms with Crippen molar-refractivity contribution in [1.29, 1.82) is 0 Å². The summed E-state index contributed by atoms with van der Waals surface area (Å²) in [6.07, 6.45) is 1.57. The van der Waals surface area contributed by atoms with Crippen molar-refractivity contribution in [2.45, 2.75) is 13.2 Å². The molecule has 0 radical (unpaired) electrons. The van der Waals surface area contributed by atoms with Crippen LogP contribution in [-0.4, -0.2) is 15.7 Å². The maximum Gasteiger partial charge on any atom is 0.292 e. The van der Waals surface area contributed by atoms with E-state index in [1.54, 1.807) is 35.1 Å². The monoisotopic (exact) mass is 645 g/mol. The largest absolute Gasteiger partial charge is 0.482 e. The summed E-state index contributed by atoms with van der Waals surface area (Å²) in [4.78, 5) is 12.7. The third-order valence-electron chi connectivity index (χ3n) is 4.69. The van der Waals surface area contributed by atoms with Crippen LogP contribution >= 0.6 is 92.8 Å². The van der Waals surface area contributed by atoms with Gasteiger partial charge in [0, 0.05) is 6.20 Å². The Bertz CT molecular complexity index is 1440. The summed E-state index contributed by atoms with van der Waals surface area (Å²) in [5.41, 5.74) is 0.848. The Hall–Kier alpha value is -1.48. The lowest BCUT2D eigenvalue weighted by atomic mass is 10.2. The SMILES string of the molecule is O=C(Nc1nn(Cc2ccc(Cl)c(Cl)c2)cc1Cl)c1ccc(COc2c(Cl)c(Cl)c(Cl)c(Cl)c2Cl)o1. The predicted molar refractivity (Wildman–Crippen MR) is 145 cm³/mol. The van der Waals surface area contributed by atoms with Crippen molar-refractivity contribution in [1.82, 2.24) is 9.78 Å². The lowest BCUT2D eigenvalue weighted by Gasteiger charge is -2.12. The molecule has 1 amide bonds. The number of benzene rings is 2. The van der Waals surface area contributed by atoms with Crippen molar-refractivity contribution in [2.24, 2.45) is 0 Å². The molecule has 0 fully saturated rings. The van der Waals surface area contributed by atoms with E-state index in [0.717, 1.165) is 5.56 Å². The summed E-state index contributed by atoms with van der Waals surface area (Å²) in [6.45, 7) is 0.235. The lowest BCUT2D eigenvalue weighted by Crippen LogP contribution is -2.12. The van der Waals surface area contributed by atoms with Crippen LogP contribution in [0.15, 0.2) is 40.9 Å². The molecule has 0 aliphatic rings. The van der Waals surface area contributed by atoms with Crippen LogP contribution in [0.5, 0.6) is 5.75 Å². The number of carbonyl (C=O) groups excluding carboxylic acids is 1. The molecular weight excluding hydrogens is 638 g/mol. The molecule has 36 heavy (non-hydrogen) atoms. The molecule has 0 unspecified atom stereocenters. The van der Waals surface area contributed by atoms with Gasteiger partial charge in [-0.25, -0.2) is 0 Å². The van der Waals surface area contributed by atoms with E-state index in [1.165, 1.54) is 6.07 Å². The van der Waals surface area contributed by atoms with E-state index in [-0.39, 0.29) is 54.1 Å². The van der Waals surface area contributed by atoms with Crippen LogP contribution in [-0.2, 0) is 13.2 Å². The fourth-order valence-corrected chi connectivity index (χ4v) is 4.74. The third-order valence-corrected chi connectivity index (χ3v) is 7.95. The van der Waals surface area contributed by atoms with Gasteiger partial charge in [-0.05, 0) is 29.8 Å². The predicted octanol–water partition coefficient (Wildman–Crippen LogP) is 9.58. The molecule has 0 saturated heterocycles. The second kappa shape index (κ2) is 11.5. The zero-order chi connectivity index (χ0) is 26.1. The van der Waals surface area contributed by atoms with Crippen molar-refractivity contribution in [3.05, 3.63) is 93.8 Å². The Morgan fingerprint density at radius 2 is 1.53 bits per heavy atom. The maximum absolute atomic E-state index is 12.7. The summed E-state index contributed by atoms with van der Waals surface area (Å²) in [5, 5.41) is 7.99. The Labute approximate surface area is 244 Å². The Balaban J connectivity index is 1.42. The minimum absolute atomic E-state index is 0.00211. The van der Waals surface area contributed by atoms with Crippen molar-refractivity contribution >= 4 is 105 Å². The number of aromatic nitrogens is 2. The Morgan fingerprint density at radius 1 is 0.861 bits per heavy atom. The molecule has 0 aliphatic heterocycles. The standard InChI is InChI=1S/C22H11Cl8N3O3/c23-11-3-1-9(5-12(11)24)6-33-7-13(25)21(32-33)31-22(34)14-4-2-10(36-14)8-35-20-18(29)16(27)15(26)17(28)19(20)30/h1-5,7H,6,8H2,(H,31,32,34). The van der Waals surface area contributed by atoms with E-state index < -0.39 is 5.91 Å². The molecule has 4 aromatic rings. The van der Waals surface area contributed by atoms with E-state index >= 15 is 0 Å². The maximum atomic E-state index is 12.7. The normalized spacial score (nSPS) is 11.1. The summed E-state index contributed by atoms with van der Waals surface area (Å²) in [5.74, 6) is -0.102. The highest BCUT2D eigenvalue weighted by atomic mass is 35.5. The van der Waals surface area contributed by atoms with E-state index in [0.29, 0.717) is 22.4 Å². The van der Waals surface area contributed by atoms with Gasteiger partial charge in [0.25, 0.3) is 5.91 Å². The first-order valence-electron chi connectivity index (χ1n) is 9.76.